The number of carboxylic acid groups (broad SMARTS) is 2. The molecule has 2 heterocycles. The van der Waals surface area contributed by atoms with Crippen LogP contribution in [0.4, 0.5) is 9.80 Å². The quantitative estimate of drug-likeness (QED) is 0.631. The maximum Gasteiger partial charge on any atom is 0.503 e. The molecule has 0 spiro atoms. The molecule has 0 fully saturated rings. The summed E-state index contributed by atoms with van der Waals surface area (Å²) >= 11 is 1.67. The Morgan fingerprint density at radius 1 is 1.17 bits per heavy atom. The van der Waals surface area contributed by atoms with Gasteiger partial charge in [-0.15, -0.1) is 11.3 Å². The fourth-order valence-electron chi connectivity index (χ4n) is 3.51. The summed E-state index contributed by atoms with van der Waals surface area (Å²) in [5, 5.41) is 22.1. The van der Waals surface area contributed by atoms with Gasteiger partial charge in [-0.2, -0.15) is 4.98 Å². The summed E-state index contributed by atoms with van der Waals surface area (Å²) in [5.74, 6) is 1.48. The van der Waals surface area contributed by atoms with Crippen molar-refractivity contribution in [2.75, 3.05) is 5.32 Å². The Bertz CT molecular complexity index is 925. The van der Waals surface area contributed by atoms with Crippen LogP contribution < -0.4 is 5.32 Å². The van der Waals surface area contributed by atoms with Gasteiger partial charge >= 0.3 is 6.16 Å². The third-order valence-electron chi connectivity index (χ3n) is 4.90. The summed E-state index contributed by atoms with van der Waals surface area (Å²) in [4.78, 5) is 27.1. The van der Waals surface area contributed by atoms with E-state index in [-0.39, 0.29) is 11.8 Å². The Morgan fingerprint density at radius 2 is 1.90 bits per heavy atom. The molecule has 2 aliphatic carbocycles. The molecule has 2 aliphatic rings. The first-order valence-electron chi connectivity index (χ1n) is 9.77. The summed E-state index contributed by atoms with van der Waals surface area (Å²) in [6, 6.07) is 0. The van der Waals surface area contributed by atoms with Crippen molar-refractivity contribution in [3.05, 3.63) is 27.9 Å². The number of aromatic nitrogens is 2. The number of allylic oxidation sites excluding steroid dienone is 1. The lowest BCUT2D eigenvalue weighted by Gasteiger charge is -2.11. The van der Waals surface area contributed by atoms with E-state index in [4.69, 9.17) is 19.5 Å². The molecule has 8 nitrogen and oxygen atoms in total. The predicted octanol–water partition coefficient (Wildman–Crippen LogP) is 5.07. The molecule has 0 bridgehead atoms. The lowest BCUT2D eigenvalue weighted by atomic mass is 9.95. The maximum absolute atomic E-state index is 12.6. The van der Waals surface area contributed by atoms with E-state index < -0.39 is 6.16 Å². The van der Waals surface area contributed by atoms with Crippen molar-refractivity contribution in [3.8, 4) is 11.5 Å². The number of nitrogens with one attached hydrogen (secondary N) is 1. The number of nitrogens with zero attached hydrogens (tertiary/aromatic N) is 2. The molecule has 2 aromatic rings. The van der Waals surface area contributed by atoms with Crippen LogP contribution in [0.5, 0.6) is 0 Å². The molecule has 29 heavy (non-hydrogen) atoms. The average Bonchev–Trinajstić information content (AvgIpc) is 3.40. The largest absolute Gasteiger partial charge is 0.503 e. The zero-order chi connectivity index (χ0) is 21.0. The van der Waals surface area contributed by atoms with Gasteiger partial charge in [0.15, 0.2) is 5.82 Å². The van der Waals surface area contributed by atoms with Gasteiger partial charge in [0, 0.05) is 16.4 Å². The predicted molar refractivity (Wildman–Crippen MR) is 110 cm³/mol. The van der Waals surface area contributed by atoms with Crippen LogP contribution in [0.3, 0.4) is 0 Å². The second kappa shape index (κ2) is 9.21. The second-order valence-electron chi connectivity index (χ2n) is 7.39. The molecule has 1 amide bonds. The van der Waals surface area contributed by atoms with Crippen LogP contribution in [-0.4, -0.2) is 32.4 Å². The molecule has 0 aliphatic heterocycles. The van der Waals surface area contributed by atoms with E-state index in [1.807, 2.05) is 19.9 Å². The first kappa shape index (κ1) is 21.0. The Balaban J connectivity index is 0.000000552. The van der Waals surface area contributed by atoms with E-state index in [9.17, 15) is 4.79 Å². The number of amides is 1. The number of carbonyl (C=O) groups is 2. The van der Waals surface area contributed by atoms with E-state index in [0.717, 1.165) is 48.2 Å². The first-order valence-corrected chi connectivity index (χ1v) is 10.6. The van der Waals surface area contributed by atoms with Gasteiger partial charge < -0.3 is 20.1 Å². The number of hydrogen-bond acceptors (Lipinski definition) is 6. The van der Waals surface area contributed by atoms with Crippen LogP contribution in [0.1, 0.15) is 68.1 Å². The van der Waals surface area contributed by atoms with Crippen LogP contribution in [0, 0.1) is 0 Å². The van der Waals surface area contributed by atoms with Gasteiger partial charge in [0.05, 0.1) is 5.56 Å². The number of fused-ring (bicyclic) bond motifs is 1. The van der Waals surface area contributed by atoms with Gasteiger partial charge in [0.1, 0.15) is 5.00 Å². The standard InChI is InChI=1S/C19H23N3O2S.CH2O3/c1-11(2)16-20-18(24-22-16)15-13-9-5-6-10-14(13)25-19(15)21-17(23)12-7-3-4-8-12;2-1(3)4/h7,11H,3-6,8-10H2,1-2H3,(H,21,23);(H2,2,3,4). The van der Waals surface area contributed by atoms with Crippen molar-refractivity contribution in [1.29, 1.82) is 0 Å². The zero-order valence-electron chi connectivity index (χ0n) is 16.5. The highest BCUT2D eigenvalue weighted by Gasteiger charge is 2.27. The smallest absolute Gasteiger partial charge is 0.450 e. The van der Waals surface area contributed by atoms with Crippen molar-refractivity contribution < 1.29 is 24.3 Å². The number of aryl methyl sites for hydroxylation is 1. The van der Waals surface area contributed by atoms with Gasteiger partial charge in [-0.3, -0.25) is 4.79 Å². The zero-order valence-corrected chi connectivity index (χ0v) is 17.3. The van der Waals surface area contributed by atoms with Crippen LogP contribution in [0.25, 0.3) is 11.5 Å². The number of rotatable bonds is 4. The van der Waals surface area contributed by atoms with Gasteiger partial charge in [0.25, 0.3) is 11.8 Å². The van der Waals surface area contributed by atoms with Gasteiger partial charge in [-0.05, 0) is 50.5 Å². The van der Waals surface area contributed by atoms with Crippen LogP contribution in [-0.2, 0) is 17.6 Å². The molecule has 0 radical (unpaired) electrons. The molecule has 2 aromatic heterocycles. The highest BCUT2D eigenvalue weighted by molar-refractivity contribution is 7.17. The minimum absolute atomic E-state index is 0.0148. The van der Waals surface area contributed by atoms with Gasteiger partial charge in [-0.25, -0.2) is 4.79 Å². The Hall–Kier alpha value is -2.68. The van der Waals surface area contributed by atoms with Gasteiger partial charge in [0.2, 0.25) is 0 Å². The molecule has 3 N–H and O–H groups in total. The lowest BCUT2D eigenvalue weighted by molar-refractivity contribution is -0.112. The van der Waals surface area contributed by atoms with Crippen LogP contribution in [0.2, 0.25) is 0 Å². The first-order chi connectivity index (χ1) is 13.9. The third kappa shape index (κ3) is 5.03. The van der Waals surface area contributed by atoms with E-state index in [1.54, 1.807) is 11.3 Å². The summed E-state index contributed by atoms with van der Waals surface area (Å²) in [5.41, 5.74) is 3.13. The summed E-state index contributed by atoms with van der Waals surface area (Å²) in [6.45, 7) is 4.10. The summed E-state index contributed by atoms with van der Waals surface area (Å²) in [7, 11) is 0. The molecule has 0 aromatic carbocycles. The molecule has 0 saturated carbocycles. The molecule has 9 heteroatoms. The van der Waals surface area contributed by atoms with Crippen molar-refractivity contribution >= 4 is 28.4 Å². The number of thiophene rings is 1. The number of hydrogen-bond donors (Lipinski definition) is 3. The van der Waals surface area contributed by atoms with Crippen LogP contribution in [0.15, 0.2) is 16.2 Å². The normalized spacial score (nSPS) is 15.3. The summed E-state index contributed by atoms with van der Waals surface area (Å²) in [6.07, 6.45) is 7.59. The highest BCUT2D eigenvalue weighted by Crippen LogP contribution is 2.44. The maximum atomic E-state index is 12.6. The van der Waals surface area contributed by atoms with Crippen molar-refractivity contribution in [2.45, 2.75) is 64.7 Å². The minimum Gasteiger partial charge on any atom is -0.450 e. The second-order valence-corrected chi connectivity index (χ2v) is 8.49. The fourth-order valence-corrected chi connectivity index (χ4v) is 4.79. The molecule has 156 valence electrons. The van der Waals surface area contributed by atoms with E-state index in [1.165, 1.54) is 23.3 Å². The third-order valence-corrected chi connectivity index (χ3v) is 6.11. The molecular formula is C20H25N3O5S. The van der Waals surface area contributed by atoms with E-state index in [2.05, 4.69) is 15.5 Å². The van der Waals surface area contributed by atoms with Gasteiger partial charge in [-0.1, -0.05) is 25.1 Å². The molecular weight excluding hydrogens is 394 g/mol. The fraction of sp³-hybridized carbons (Fsp3) is 0.500. The SMILES string of the molecule is CC(C)c1noc(-c2c(NC(=O)C3=CCCC3)sc3c2CCCC3)n1.O=C(O)O. The summed E-state index contributed by atoms with van der Waals surface area (Å²) < 4.78 is 5.56. The Kier molecular flexibility index (Phi) is 6.68. The highest BCUT2D eigenvalue weighted by atomic mass is 32.1. The molecule has 0 unspecified atom stereocenters. The Morgan fingerprint density at radius 3 is 2.52 bits per heavy atom. The van der Waals surface area contributed by atoms with Crippen molar-refractivity contribution in [3.63, 3.8) is 0 Å². The molecule has 4 rings (SSSR count). The molecule has 0 atom stereocenters. The van der Waals surface area contributed by atoms with Crippen molar-refractivity contribution in [1.82, 2.24) is 10.1 Å². The van der Waals surface area contributed by atoms with E-state index >= 15 is 0 Å². The van der Waals surface area contributed by atoms with Crippen LogP contribution >= 0.6 is 11.3 Å². The number of anilines is 1. The monoisotopic (exact) mass is 419 g/mol. The number of carbonyl (C=O) groups excluding carboxylic acids is 1. The minimum atomic E-state index is -1.83. The molecule has 0 saturated heterocycles. The topological polar surface area (TPSA) is 126 Å². The van der Waals surface area contributed by atoms with E-state index in [0.29, 0.717) is 11.7 Å². The average molecular weight is 420 g/mol. The van der Waals surface area contributed by atoms with Crippen molar-refractivity contribution in [2.24, 2.45) is 0 Å². The Labute approximate surface area is 172 Å². The lowest BCUT2D eigenvalue weighted by Crippen LogP contribution is -2.13.